The summed E-state index contributed by atoms with van der Waals surface area (Å²) in [6, 6.07) is 5.83. The Morgan fingerprint density at radius 3 is 2.88 bits per heavy atom. The molecule has 7 heteroatoms. The van der Waals surface area contributed by atoms with Crippen molar-refractivity contribution < 1.29 is 4.79 Å². The summed E-state index contributed by atoms with van der Waals surface area (Å²) in [7, 11) is 4.10. The fourth-order valence-corrected chi connectivity index (χ4v) is 2.72. The zero-order valence-electron chi connectivity index (χ0n) is 15.4. The number of fused-ring (bicyclic) bond motifs is 1. The molecule has 0 bridgehead atoms. The van der Waals surface area contributed by atoms with Gasteiger partial charge in [0, 0.05) is 18.8 Å². The Hall–Kier alpha value is -2.93. The quantitative estimate of drug-likeness (QED) is 0.614. The molecule has 136 valence electrons. The van der Waals surface area contributed by atoms with Crippen molar-refractivity contribution in [3.8, 4) is 0 Å². The average molecular weight is 352 g/mol. The van der Waals surface area contributed by atoms with Gasteiger partial charge in [0.05, 0.1) is 16.9 Å². The van der Waals surface area contributed by atoms with E-state index >= 15 is 0 Å². The molecule has 26 heavy (non-hydrogen) atoms. The van der Waals surface area contributed by atoms with Crippen LogP contribution in [0.1, 0.15) is 13.3 Å². The summed E-state index contributed by atoms with van der Waals surface area (Å²) >= 11 is 0. The van der Waals surface area contributed by atoms with Crippen LogP contribution in [0.2, 0.25) is 0 Å². The predicted molar refractivity (Wildman–Crippen MR) is 105 cm³/mol. The van der Waals surface area contributed by atoms with E-state index in [0.29, 0.717) is 22.8 Å². The fraction of sp³-hybridized carbons (Fsp3) is 0.316. The Kier molecular flexibility index (Phi) is 5.18. The van der Waals surface area contributed by atoms with Crippen LogP contribution in [0.25, 0.3) is 5.52 Å². The summed E-state index contributed by atoms with van der Waals surface area (Å²) in [5, 5.41) is 7.96. The molecule has 0 fully saturated rings. The third-order valence-electron chi connectivity index (χ3n) is 4.15. The van der Waals surface area contributed by atoms with Crippen molar-refractivity contribution >= 4 is 28.5 Å². The molecule has 2 heterocycles. The molecular formula is C19H24N6O. The smallest absolute Gasteiger partial charge is 0.183 e. The van der Waals surface area contributed by atoms with Crippen LogP contribution >= 0.6 is 0 Å². The highest BCUT2D eigenvalue weighted by Crippen LogP contribution is 2.30. The van der Waals surface area contributed by atoms with Gasteiger partial charge in [0.15, 0.2) is 11.6 Å². The van der Waals surface area contributed by atoms with Crippen molar-refractivity contribution in [2.45, 2.75) is 13.3 Å². The van der Waals surface area contributed by atoms with Crippen molar-refractivity contribution in [2.75, 3.05) is 32.5 Å². The van der Waals surface area contributed by atoms with E-state index in [1.165, 1.54) is 6.08 Å². The Morgan fingerprint density at radius 1 is 1.31 bits per heavy atom. The van der Waals surface area contributed by atoms with Gasteiger partial charge in [0.1, 0.15) is 5.69 Å². The van der Waals surface area contributed by atoms with Crippen LogP contribution in [0.4, 0.5) is 11.5 Å². The van der Waals surface area contributed by atoms with Gasteiger partial charge >= 0.3 is 0 Å². The molecule has 1 aliphatic rings. The number of allylic oxidation sites excluding steroid dienone is 3. The van der Waals surface area contributed by atoms with Crippen LogP contribution in [0, 0.1) is 0 Å². The largest absolute Gasteiger partial charge is 0.397 e. The van der Waals surface area contributed by atoms with Gasteiger partial charge in [0.25, 0.3) is 0 Å². The number of carbonyl (C=O) groups excluding carboxylic acids is 1. The zero-order valence-corrected chi connectivity index (χ0v) is 15.4. The summed E-state index contributed by atoms with van der Waals surface area (Å²) in [5.74, 6) is 0.626. The number of hydrogen-bond acceptors (Lipinski definition) is 6. The third-order valence-corrected chi connectivity index (χ3v) is 4.15. The molecule has 3 N–H and O–H groups in total. The van der Waals surface area contributed by atoms with Gasteiger partial charge in [-0.25, -0.2) is 9.51 Å². The minimum Gasteiger partial charge on any atom is -0.397 e. The maximum Gasteiger partial charge on any atom is 0.183 e. The summed E-state index contributed by atoms with van der Waals surface area (Å²) in [4.78, 5) is 18.6. The Balaban J connectivity index is 1.96. The van der Waals surface area contributed by atoms with E-state index in [4.69, 9.17) is 10.7 Å². The van der Waals surface area contributed by atoms with Crippen molar-refractivity contribution in [3.63, 3.8) is 0 Å². The van der Waals surface area contributed by atoms with Crippen LogP contribution < -0.4 is 11.1 Å². The number of ketones is 1. The van der Waals surface area contributed by atoms with Crippen LogP contribution in [0.5, 0.6) is 0 Å². The van der Waals surface area contributed by atoms with Crippen LogP contribution in [0.15, 0.2) is 52.8 Å². The molecule has 0 aliphatic heterocycles. The number of carbonyl (C=O) groups is 1. The summed E-state index contributed by atoms with van der Waals surface area (Å²) in [6.07, 6.45) is 6.02. The normalized spacial score (nSPS) is 16.3. The molecular weight excluding hydrogens is 328 g/mol. The lowest BCUT2D eigenvalue weighted by Gasteiger charge is -2.11. The topological polar surface area (TPSA) is 88.0 Å². The standard InChI is InChI=1S/C19H24N6O/c1-13-11-15(14(20)12-17(13)26)22-18-16-7-4-5-10-25(16)23-19(18)21-8-6-9-24(2)3/h4-5,7,10-12H,6,8-9,20H2,1-3H3,(H,21,23)/b22-15+. The second-order valence-corrected chi connectivity index (χ2v) is 6.60. The highest BCUT2D eigenvalue weighted by atomic mass is 16.1. The molecule has 0 amide bonds. The van der Waals surface area contributed by atoms with Gasteiger partial charge in [-0.05, 0) is 57.8 Å². The lowest BCUT2D eigenvalue weighted by Crippen LogP contribution is -2.18. The van der Waals surface area contributed by atoms with E-state index in [2.05, 4.69) is 29.4 Å². The van der Waals surface area contributed by atoms with Crippen molar-refractivity contribution in [3.05, 3.63) is 47.8 Å². The maximum absolute atomic E-state index is 11.7. The zero-order chi connectivity index (χ0) is 18.7. The first-order valence-electron chi connectivity index (χ1n) is 8.60. The monoisotopic (exact) mass is 352 g/mol. The molecule has 0 atom stereocenters. The SMILES string of the molecule is CC1=C/C(=N\c2c(NCCCN(C)C)nn3ccccc23)C(N)=CC1=O. The first-order chi connectivity index (χ1) is 12.5. The molecule has 1 aliphatic carbocycles. The van der Waals surface area contributed by atoms with Crippen LogP contribution in [-0.4, -0.2) is 53.2 Å². The van der Waals surface area contributed by atoms with E-state index in [1.54, 1.807) is 17.5 Å². The van der Waals surface area contributed by atoms with Gasteiger partial charge in [-0.2, -0.15) is 0 Å². The molecule has 2 aromatic heterocycles. The van der Waals surface area contributed by atoms with Gasteiger partial charge < -0.3 is 16.0 Å². The number of nitrogens with two attached hydrogens (primary N) is 1. The van der Waals surface area contributed by atoms with Crippen molar-refractivity contribution in [1.29, 1.82) is 0 Å². The Bertz CT molecular complexity index is 919. The molecule has 0 spiro atoms. The van der Waals surface area contributed by atoms with E-state index in [9.17, 15) is 4.79 Å². The highest BCUT2D eigenvalue weighted by molar-refractivity contribution is 6.22. The number of anilines is 1. The maximum atomic E-state index is 11.7. The number of hydrogen-bond donors (Lipinski definition) is 2. The Labute approximate surface area is 152 Å². The molecule has 0 radical (unpaired) electrons. The number of pyridine rings is 1. The minimum atomic E-state index is -0.0802. The minimum absolute atomic E-state index is 0.0802. The number of nitrogens with zero attached hydrogens (tertiary/aromatic N) is 4. The van der Waals surface area contributed by atoms with Gasteiger partial charge in [0.2, 0.25) is 0 Å². The fourth-order valence-electron chi connectivity index (χ4n) is 2.72. The number of nitrogens with one attached hydrogen (secondary N) is 1. The van der Waals surface area contributed by atoms with E-state index in [0.717, 1.165) is 30.7 Å². The third kappa shape index (κ3) is 3.83. The molecule has 0 saturated carbocycles. The molecule has 7 nitrogen and oxygen atoms in total. The summed E-state index contributed by atoms with van der Waals surface area (Å²) in [5.41, 5.74) is 9.18. The lowest BCUT2D eigenvalue weighted by atomic mass is 10.0. The molecule has 0 aromatic carbocycles. The number of rotatable bonds is 6. The van der Waals surface area contributed by atoms with E-state index in [-0.39, 0.29) is 5.78 Å². The van der Waals surface area contributed by atoms with Crippen molar-refractivity contribution in [2.24, 2.45) is 10.7 Å². The van der Waals surface area contributed by atoms with E-state index < -0.39 is 0 Å². The molecule has 0 unspecified atom stereocenters. The summed E-state index contributed by atoms with van der Waals surface area (Å²) < 4.78 is 1.79. The molecule has 2 aromatic rings. The second kappa shape index (κ2) is 7.53. The van der Waals surface area contributed by atoms with Crippen LogP contribution in [0.3, 0.4) is 0 Å². The summed E-state index contributed by atoms with van der Waals surface area (Å²) in [6.45, 7) is 3.54. The lowest BCUT2D eigenvalue weighted by molar-refractivity contribution is -0.111. The number of aliphatic imine (C=N–C) groups is 1. The van der Waals surface area contributed by atoms with Crippen molar-refractivity contribution in [1.82, 2.24) is 14.5 Å². The molecule has 0 saturated heterocycles. The van der Waals surface area contributed by atoms with Gasteiger partial charge in [-0.15, -0.1) is 5.10 Å². The first-order valence-corrected chi connectivity index (χ1v) is 8.60. The predicted octanol–water partition coefficient (Wildman–Crippen LogP) is 2.14. The van der Waals surface area contributed by atoms with Gasteiger partial charge in [-0.1, -0.05) is 6.07 Å². The highest BCUT2D eigenvalue weighted by Gasteiger charge is 2.17. The average Bonchev–Trinajstić information content (AvgIpc) is 2.94. The Morgan fingerprint density at radius 2 is 2.12 bits per heavy atom. The molecule has 3 rings (SSSR count). The van der Waals surface area contributed by atoms with Gasteiger partial charge in [-0.3, -0.25) is 4.79 Å². The number of aromatic nitrogens is 2. The van der Waals surface area contributed by atoms with E-state index in [1.807, 2.05) is 24.4 Å². The second-order valence-electron chi connectivity index (χ2n) is 6.60. The van der Waals surface area contributed by atoms with Crippen LogP contribution in [-0.2, 0) is 4.79 Å². The first kappa shape index (κ1) is 17.9.